The maximum Gasteiger partial charge on any atom is 0.223 e. The molecule has 81 heavy (non-hydrogen) atoms. The lowest BCUT2D eigenvalue weighted by Crippen LogP contribution is -2.33. The minimum Gasteiger partial charge on any atom is -0.359 e. The van der Waals surface area contributed by atoms with Crippen LogP contribution in [0.3, 0.4) is 0 Å². The first-order chi connectivity index (χ1) is 39.4. The van der Waals surface area contributed by atoms with Crippen LogP contribution in [0.2, 0.25) is 0 Å². The predicted molar refractivity (Wildman–Crippen MR) is 332 cm³/mol. The maximum atomic E-state index is 13.3. The molecule has 0 fully saturated rings. The molecule has 0 spiro atoms. The number of carbonyl (C=O) groups is 8. The van der Waals surface area contributed by atoms with Crippen molar-refractivity contribution in [3.05, 3.63) is 0 Å². The van der Waals surface area contributed by atoms with Gasteiger partial charge < -0.3 is 44.2 Å². The molecule has 16 heteroatoms. The molecule has 0 saturated carbocycles. The fraction of sp³-hybridized carbons (Fsp3) is 0.877. The van der Waals surface area contributed by atoms with Gasteiger partial charge in [-0.1, -0.05) is 142 Å². The highest BCUT2D eigenvalue weighted by Gasteiger charge is 2.24. The molecule has 0 aliphatic carbocycles. The average Bonchev–Trinajstić information content (AvgIpc) is 3.45. The Morgan fingerprint density at radius 2 is 0.506 bits per heavy atom. The van der Waals surface area contributed by atoms with E-state index in [1.54, 1.807) is 7.05 Å². The number of hydrogen-bond acceptors (Lipinski definition) is 12. The summed E-state index contributed by atoms with van der Waals surface area (Å²) in [7, 11) is 1.61. The van der Waals surface area contributed by atoms with Crippen molar-refractivity contribution in [2.24, 2.45) is 46.6 Å². The summed E-state index contributed by atoms with van der Waals surface area (Å²) >= 11 is 0. The van der Waals surface area contributed by atoms with Gasteiger partial charge in [0.15, 0.2) is 0 Å². The molecule has 0 aromatic heterocycles. The molecule has 0 rings (SSSR count). The summed E-state index contributed by atoms with van der Waals surface area (Å²) in [5.74, 6) is -0.985. The lowest BCUT2D eigenvalue weighted by molar-refractivity contribution is -0.129. The number of nitrogens with one attached hydrogen (secondary N) is 4. The van der Waals surface area contributed by atoms with Gasteiger partial charge in [0, 0.05) is 102 Å². The molecular weight excluding hydrogens is 1020 g/mol. The van der Waals surface area contributed by atoms with Crippen LogP contribution in [0.1, 0.15) is 289 Å². The molecule has 472 valence electrons. The van der Waals surface area contributed by atoms with E-state index in [4.69, 9.17) is 22.9 Å². The second-order valence-electron chi connectivity index (χ2n) is 23.5. The second kappa shape index (κ2) is 56.9. The molecule has 0 aromatic carbocycles. The van der Waals surface area contributed by atoms with Gasteiger partial charge in [0.25, 0.3) is 0 Å². The molecule has 0 radical (unpaired) electrons. The topological polar surface area (TPSA) is 289 Å². The van der Waals surface area contributed by atoms with E-state index in [0.29, 0.717) is 104 Å². The first kappa shape index (κ1) is 77.4. The molecular formula is C65H124N8O8. The van der Waals surface area contributed by atoms with Gasteiger partial charge in [0.05, 0.1) is 0 Å². The van der Waals surface area contributed by atoms with Gasteiger partial charge in [-0.3, -0.25) is 38.4 Å². The number of amides is 4. The van der Waals surface area contributed by atoms with Crippen LogP contribution >= 0.6 is 0 Å². The average molecular weight is 1150 g/mol. The molecule has 0 heterocycles. The van der Waals surface area contributed by atoms with E-state index in [9.17, 15) is 38.4 Å². The Kier molecular flexibility index (Phi) is 54.3. The van der Waals surface area contributed by atoms with Gasteiger partial charge in [-0.05, 0) is 122 Å². The van der Waals surface area contributed by atoms with Crippen molar-refractivity contribution in [2.75, 3.05) is 52.9 Å². The molecule has 12 N–H and O–H groups in total. The van der Waals surface area contributed by atoms with Gasteiger partial charge in [-0.15, -0.1) is 0 Å². The zero-order chi connectivity index (χ0) is 59.8. The third kappa shape index (κ3) is 47.5. The Balaban J connectivity index is 4.49. The van der Waals surface area contributed by atoms with Crippen molar-refractivity contribution in [1.82, 2.24) is 21.3 Å². The van der Waals surface area contributed by atoms with Gasteiger partial charge in [-0.25, -0.2) is 0 Å². The van der Waals surface area contributed by atoms with E-state index in [0.717, 1.165) is 161 Å². The number of rotatable bonds is 62. The Morgan fingerprint density at radius 1 is 0.284 bits per heavy atom. The summed E-state index contributed by atoms with van der Waals surface area (Å²) in [6.45, 7) is 6.18. The van der Waals surface area contributed by atoms with Crippen molar-refractivity contribution >= 4 is 46.8 Å². The first-order valence-electron chi connectivity index (χ1n) is 33.3. The van der Waals surface area contributed by atoms with E-state index >= 15 is 0 Å². The summed E-state index contributed by atoms with van der Waals surface area (Å²) in [4.78, 5) is 103. The summed E-state index contributed by atoms with van der Waals surface area (Å²) in [6, 6.07) is 0. The normalized spacial score (nSPS) is 12.8. The summed E-state index contributed by atoms with van der Waals surface area (Å²) < 4.78 is 0. The van der Waals surface area contributed by atoms with Crippen molar-refractivity contribution in [3.8, 4) is 0 Å². The van der Waals surface area contributed by atoms with Gasteiger partial charge >= 0.3 is 0 Å². The zero-order valence-corrected chi connectivity index (χ0v) is 51.9. The van der Waals surface area contributed by atoms with E-state index in [1.165, 1.54) is 44.9 Å². The molecule has 0 saturated heterocycles. The van der Waals surface area contributed by atoms with Crippen LogP contribution in [0.4, 0.5) is 0 Å². The monoisotopic (exact) mass is 1140 g/mol. The Labute approximate surface area is 493 Å². The van der Waals surface area contributed by atoms with Crippen molar-refractivity contribution in [1.29, 1.82) is 0 Å². The number of ketones is 4. The zero-order valence-electron chi connectivity index (χ0n) is 51.9. The highest BCUT2D eigenvalue weighted by atomic mass is 16.2. The van der Waals surface area contributed by atoms with Gasteiger partial charge in [0.1, 0.15) is 23.1 Å². The van der Waals surface area contributed by atoms with Crippen molar-refractivity contribution < 1.29 is 38.4 Å². The predicted octanol–water partition coefficient (Wildman–Crippen LogP) is 10.8. The van der Waals surface area contributed by atoms with Crippen LogP contribution in [-0.2, 0) is 38.4 Å². The summed E-state index contributed by atoms with van der Waals surface area (Å²) in [5.41, 5.74) is 22.8. The third-order valence-electron chi connectivity index (χ3n) is 16.0. The fourth-order valence-electron chi connectivity index (χ4n) is 10.8. The molecule has 4 unspecified atom stereocenters. The minimum absolute atomic E-state index is 0.0228. The smallest absolute Gasteiger partial charge is 0.223 e. The maximum absolute atomic E-state index is 13.3. The largest absolute Gasteiger partial charge is 0.359 e. The number of Topliss-reactive ketones (excluding diaryl/α,β-unsaturated/α-hetero) is 4. The van der Waals surface area contributed by atoms with Crippen LogP contribution in [0.15, 0.2) is 0 Å². The first-order valence-corrected chi connectivity index (χ1v) is 33.3. The summed E-state index contributed by atoms with van der Waals surface area (Å²) in [5, 5.41) is 11.9. The lowest BCUT2D eigenvalue weighted by atomic mass is 9.93. The Morgan fingerprint density at radius 3 is 0.741 bits per heavy atom. The van der Waals surface area contributed by atoms with Crippen LogP contribution in [0.5, 0.6) is 0 Å². The van der Waals surface area contributed by atoms with E-state index in [1.807, 2.05) is 0 Å². The van der Waals surface area contributed by atoms with E-state index in [-0.39, 0.29) is 89.7 Å². The molecule has 0 aromatic rings. The van der Waals surface area contributed by atoms with E-state index < -0.39 is 0 Å². The SMILES string of the molecule is CCCCCCCCCCCC(=O)CC(CCCCN)C(=O)NCCCCCCCC(=O)CC(CCCCN)C(=O)NCCCCCCCC(=O)CC(CCCCN)C(=O)NCCCCCCCC(=O)CC(CCCCN)C(=O)NC. The lowest BCUT2D eigenvalue weighted by Gasteiger charge is -2.17. The van der Waals surface area contributed by atoms with Crippen molar-refractivity contribution in [3.63, 3.8) is 0 Å². The molecule has 4 atom stereocenters. The van der Waals surface area contributed by atoms with Gasteiger partial charge in [0.2, 0.25) is 23.6 Å². The Hall–Kier alpha value is -3.60. The molecule has 0 bridgehead atoms. The third-order valence-corrected chi connectivity index (χ3v) is 16.0. The quantitative estimate of drug-likeness (QED) is 0.0264. The highest BCUT2D eigenvalue weighted by molar-refractivity contribution is 5.88. The van der Waals surface area contributed by atoms with E-state index in [2.05, 4.69) is 28.2 Å². The van der Waals surface area contributed by atoms with Gasteiger partial charge in [-0.2, -0.15) is 0 Å². The molecule has 16 nitrogen and oxygen atoms in total. The standard InChI is InChI=1S/C65H124N8O8/c1-3-4-5-6-7-8-9-13-20-40-59(75)51-55(36-25-29-44-67)63(79)71-48-33-18-11-15-22-42-61(77)53-57(38-27-31-46-69)65(81)73-49-34-19-12-16-23-41-60(76)52-56(37-26-30-45-68)64(80)72-47-32-17-10-14-21-39-58(74)50-54(62(78)70-2)35-24-28-43-66/h54-57H,3-53,66-69H2,1-2H3,(H,70,78)(H,71,79)(H,72,80)(H,73,81). The molecule has 4 amide bonds. The second-order valence-corrected chi connectivity index (χ2v) is 23.5. The molecule has 0 aliphatic rings. The van der Waals surface area contributed by atoms with Crippen LogP contribution in [-0.4, -0.2) is 99.6 Å². The number of carbonyl (C=O) groups excluding carboxylic acids is 8. The highest BCUT2D eigenvalue weighted by Crippen LogP contribution is 2.21. The van der Waals surface area contributed by atoms with Crippen LogP contribution in [0.25, 0.3) is 0 Å². The number of nitrogens with two attached hydrogens (primary N) is 4. The van der Waals surface area contributed by atoms with Crippen LogP contribution < -0.4 is 44.2 Å². The van der Waals surface area contributed by atoms with Crippen molar-refractivity contribution in [2.45, 2.75) is 289 Å². The minimum atomic E-state index is -0.358. The number of hydrogen-bond donors (Lipinski definition) is 8. The molecule has 0 aliphatic heterocycles. The Bertz CT molecular complexity index is 1620. The summed E-state index contributed by atoms with van der Waals surface area (Å²) in [6.07, 6.45) is 36.4. The fourth-order valence-corrected chi connectivity index (χ4v) is 10.8. The number of unbranched alkanes of at least 4 members (excludes halogenated alkanes) is 24. The van der Waals surface area contributed by atoms with Crippen LogP contribution in [0, 0.1) is 23.7 Å².